The topological polar surface area (TPSA) is 44.8 Å². The maximum Gasteiger partial charge on any atom is 0.317 e. The maximum atomic E-state index is 12.5. The molecule has 0 bridgehead atoms. The zero-order valence-corrected chi connectivity index (χ0v) is 14.6. The summed E-state index contributed by atoms with van der Waals surface area (Å²) in [5.41, 5.74) is 1.34. The predicted octanol–water partition coefficient (Wildman–Crippen LogP) is 2.47. The highest BCUT2D eigenvalue weighted by Gasteiger charge is 2.27. The number of hydrogen-bond acceptors (Lipinski definition) is 3. The SMILES string of the molecule is CO[C@@H]1CC[C@H](NC(=O)N2CCCN(Cc3ccccc3)CC2)C1. The molecule has 1 aliphatic heterocycles. The van der Waals surface area contributed by atoms with Crippen LogP contribution in [0.3, 0.4) is 0 Å². The van der Waals surface area contributed by atoms with E-state index in [1.54, 1.807) is 7.11 Å². The molecule has 0 unspecified atom stereocenters. The third-order valence-electron chi connectivity index (χ3n) is 5.17. The lowest BCUT2D eigenvalue weighted by molar-refractivity contribution is 0.107. The van der Waals surface area contributed by atoms with Crippen molar-refractivity contribution < 1.29 is 9.53 Å². The second-order valence-corrected chi connectivity index (χ2v) is 6.92. The number of carbonyl (C=O) groups is 1. The summed E-state index contributed by atoms with van der Waals surface area (Å²) in [6, 6.07) is 10.9. The van der Waals surface area contributed by atoms with Gasteiger partial charge in [-0.3, -0.25) is 4.90 Å². The van der Waals surface area contributed by atoms with Gasteiger partial charge in [-0.1, -0.05) is 30.3 Å². The van der Waals surface area contributed by atoms with Gasteiger partial charge in [0.05, 0.1) is 6.10 Å². The van der Waals surface area contributed by atoms with Crippen LogP contribution in [0.4, 0.5) is 4.79 Å². The molecule has 2 aliphatic rings. The summed E-state index contributed by atoms with van der Waals surface area (Å²) in [4.78, 5) is 16.9. The molecule has 1 aliphatic carbocycles. The molecule has 2 atom stereocenters. The van der Waals surface area contributed by atoms with E-state index in [4.69, 9.17) is 4.74 Å². The third kappa shape index (κ3) is 4.71. The highest BCUT2D eigenvalue weighted by atomic mass is 16.5. The molecule has 5 nitrogen and oxygen atoms in total. The van der Waals surface area contributed by atoms with Crippen molar-refractivity contribution in [3.05, 3.63) is 35.9 Å². The molecule has 1 heterocycles. The zero-order chi connectivity index (χ0) is 16.8. The highest BCUT2D eigenvalue weighted by molar-refractivity contribution is 5.74. The van der Waals surface area contributed by atoms with Crippen molar-refractivity contribution in [3.8, 4) is 0 Å². The van der Waals surface area contributed by atoms with E-state index in [9.17, 15) is 4.79 Å². The molecule has 132 valence electrons. The van der Waals surface area contributed by atoms with E-state index in [1.807, 2.05) is 4.90 Å². The van der Waals surface area contributed by atoms with E-state index in [0.717, 1.165) is 58.4 Å². The van der Waals surface area contributed by atoms with Gasteiger partial charge in [0.1, 0.15) is 0 Å². The van der Waals surface area contributed by atoms with Crippen LogP contribution in [0.5, 0.6) is 0 Å². The fraction of sp³-hybridized carbons (Fsp3) is 0.632. The van der Waals surface area contributed by atoms with Gasteiger partial charge in [0.2, 0.25) is 0 Å². The predicted molar refractivity (Wildman–Crippen MR) is 94.9 cm³/mol. The second kappa shape index (κ2) is 8.49. The van der Waals surface area contributed by atoms with E-state index >= 15 is 0 Å². The summed E-state index contributed by atoms with van der Waals surface area (Å²) in [5.74, 6) is 0. The van der Waals surface area contributed by atoms with Crippen LogP contribution in [-0.4, -0.2) is 61.3 Å². The number of carbonyl (C=O) groups excluding carboxylic acids is 1. The Labute approximate surface area is 145 Å². The number of amides is 2. The average molecular weight is 331 g/mol. The van der Waals surface area contributed by atoms with Crippen LogP contribution in [0, 0.1) is 0 Å². The van der Waals surface area contributed by atoms with Crippen molar-refractivity contribution in [3.63, 3.8) is 0 Å². The molecule has 1 saturated heterocycles. The molecular weight excluding hydrogens is 302 g/mol. The Morgan fingerprint density at radius 3 is 2.75 bits per heavy atom. The highest BCUT2D eigenvalue weighted by Crippen LogP contribution is 2.21. The Bertz CT molecular complexity index is 523. The van der Waals surface area contributed by atoms with Crippen LogP contribution >= 0.6 is 0 Å². The molecule has 1 N–H and O–H groups in total. The molecule has 3 rings (SSSR count). The largest absolute Gasteiger partial charge is 0.381 e. The van der Waals surface area contributed by atoms with Gasteiger partial charge in [-0.2, -0.15) is 0 Å². The van der Waals surface area contributed by atoms with E-state index in [0.29, 0.717) is 6.10 Å². The first-order valence-corrected chi connectivity index (χ1v) is 9.09. The fourth-order valence-electron chi connectivity index (χ4n) is 3.72. The van der Waals surface area contributed by atoms with Crippen LogP contribution in [0.1, 0.15) is 31.2 Å². The van der Waals surface area contributed by atoms with Gasteiger partial charge in [-0.15, -0.1) is 0 Å². The first-order valence-electron chi connectivity index (χ1n) is 9.09. The van der Waals surface area contributed by atoms with Gasteiger partial charge >= 0.3 is 6.03 Å². The fourth-order valence-corrected chi connectivity index (χ4v) is 3.72. The average Bonchev–Trinajstić information content (AvgIpc) is 2.92. The number of nitrogens with one attached hydrogen (secondary N) is 1. The molecule has 1 aromatic rings. The van der Waals surface area contributed by atoms with Crippen molar-refractivity contribution in [2.24, 2.45) is 0 Å². The summed E-state index contributed by atoms with van der Waals surface area (Å²) in [7, 11) is 1.75. The van der Waals surface area contributed by atoms with Gasteiger partial charge in [0.25, 0.3) is 0 Å². The van der Waals surface area contributed by atoms with Gasteiger partial charge < -0.3 is 15.0 Å². The maximum absolute atomic E-state index is 12.5. The normalized spacial score (nSPS) is 25.5. The van der Waals surface area contributed by atoms with E-state index in [1.165, 1.54) is 5.56 Å². The number of hydrogen-bond donors (Lipinski definition) is 1. The molecule has 1 saturated carbocycles. The first kappa shape index (κ1) is 17.2. The smallest absolute Gasteiger partial charge is 0.317 e. The van der Waals surface area contributed by atoms with Crippen LogP contribution < -0.4 is 5.32 Å². The van der Waals surface area contributed by atoms with Crippen molar-refractivity contribution in [1.82, 2.24) is 15.1 Å². The lowest BCUT2D eigenvalue weighted by Crippen LogP contribution is -2.45. The van der Waals surface area contributed by atoms with Crippen molar-refractivity contribution >= 4 is 6.03 Å². The van der Waals surface area contributed by atoms with Crippen molar-refractivity contribution in [2.45, 2.75) is 44.4 Å². The monoisotopic (exact) mass is 331 g/mol. The summed E-state index contributed by atoms with van der Waals surface area (Å²) in [6.45, 7) is 4.60. The zero-order valence-electron chi connectivity index (χ0n) is 14.6. The number of benzene rings is 1. The van der Waals surface area contributed by atoms with Crippen LogP contribution in [0.25, 0.3) is 0 Å². The number of ether oxygens (including phenoxy) is 1. The minimum Gasteiger partial charge on any atom is -0.381 e. The molecule has 5 heteroatoms. The lowest BCUT2D eigenvalue weighted by atomic mass is 10.2. The van der Waals surface area contributed by atoms with Crippen molar-refractivity contribution in [2.75, 3.05) is 33.3 Å². The molecule has 2 fully saturated rings. The number of rotatable bonds is 4. The molecule has 2 amide bonds. The molecule has 0 radical (unpaired) electrons. The molecule has 0 spiro atoms. The van der Waals surface area contributed by atoms with E-state index in [2.05, 4.69) is 40.5 Å². The molecule has 24 heavy (non-hydrogen) atoms. The van der Waals surface area contributed by atoms with Crippen LogP contribution in [0.2, 0.25) is 0 Å². The van der Waals surface area contributed by atoms with Gasteiger partial charge in [-0.05, 0) is 31.2 Å². The Morgan fingerprint density at radius 1 is 1.17 bits per heavy atom. The lowest BCUT2D eigenvalue weighted by Gasteiger charge is -2.24. The van der Waals surface area contributed by atoms with Gasteiger partial charge in [0, 0.05) is 45.9 Å². The molecule has 1 aromatic carbocycles. The Morgan fingerprint density at radius 2 is 2.00 bits per heavy atom. The molecule has 0 aromatic heterocycles. The number of nitrogens with zero attached hydrogens (tertiary/aromatic N) is 2. The van der Waals surface area contributed by atoms with E-state index < -0.39 is 0 Å². The third-order valence-corrected chi connectivity index (χ3v) is 5.17. The second-order valence-electron chi connectivity index (χ2n) is 6.92. The Hall–Kier alpha value is -1.59. The quantitative estimate of drug-likeness (QED) is 0.922. The summed E-state index contributed by atoms with van der Waals surface area (Å²) in [5, 5.41) is 3.19. The first-order chi connectivity index (χ1) is 11.7. The van der Waals surface area contributed by atoms with Gasteiger partial charge in [0.15, 0.2) is 0 Å². The minimum absolute atomic E-state index is 0.0957. The summed E-state index contributed by atoms with van der Waals surface area (Å²) < 4.78 is 5.39. The van der Waals surface area contributed by atoms with E-state index in [-0.39, 0.29) is 12.1 Å². The van der Waals surface area contributed by atoms with Gasteiger partial charge in [-0.25, -0.2) is 4.79 Å². The van der Waals surface area contributed by atoms with Crippen molar-refractivity contribution in [1.29, 1.82) is 0 Å². The van der Waals surface area contributed by atoms with Crippen LogP contribution in [-0.2, 0) is 11.3 Å². The standard InChI is InChI=1S/C19H29N3O2/c1-24-18-9-8-17(14-18)20-19(23)22-11-5-10-21(12-13-22)15-16-6-3-2-4-7-16/h2-4,6-7,17-18H,5,8-15H2,1H3,(H,20,23)/t17-,18+/m0/s1. The van der Waals surface area contributed by atoms with Crippen LogP contribution in [0.15, 0.2) is 30.3 Å². The molecular formula is C19H29N3O2. The minimum atomic E-state index is 0.0957. The Balaban J connectivity index is 1.45. The summed E-state index contributed by atoms with van der Waals surface area (Å²) in [6.07, 6.45) is 4.35. The number of urea groups is 1. The summed E-state index contributed by atoms with van der Waals surface area (Å²) >= 11 is 0. The Kier molecular flexibility index (Phi) is 6.10. The number of methoxy groups -OCH3 is 1.